The molecule has 1 amide bonds. The van der Waals surface area contributed by atoms with Gasteiger partial charge in [0.05, 0.1) is 0 Å². The van der Waals surface area contributed by atoms with Crippen LogP contribution in [0.4, 0.5) is 10.1 Å². The Bertz CT molecular complexity index is 682. The van der Waals surface area contributed by atoms with Crippen molar-refractivity contribution in [2.75, 3.05) is 18.4 Å². The van der Waals surface area contributed by atoms with Gasteiger partial charge >= 0.3 is 0 Å². The summed E-state index contributed by atoms with van der Waals surface area (Å²) in [5, 5.41) is 2.78. The number of hydrogen-bond donors (Lipinski definition) is 1. The van der Waals surface area contributed by atoms with Crippen LogP contribution in [-0.2, 0) is 6.54 Å². The largest absolute Gasteiger partial charge is 0.322 e. The van der Waals surface area contributed by atoms with Gasteiger partial charge in [0.1, 0.15) is 5.82 Å². The van der Waals surface area contributed by atoms with Crippen LogP contribution in [0.15, 0.2) is 48.5 Å². The van der Waals surface area contributed by atoms with Crippen molar-refractivity contribution in [3.05, 3.63) is 65.5 Å². The fourth-order valence-corrected chi connectivity index (χ4v) is 3.19. The predicted molar refractivity (Wildman–Crippen MR) is 94.5 cm³/mol. The van der Waals surface area contributed by atoms with E-state index < -0.39 is 0 Å². The van der Waals surface area contributed by atoms with Gasteiger partial charge in [0.25, 0.3) is 5.91 Å². The van der Waals surface area contributed by atoms with Crippen LogP contribution in [-0.4, -0.2) is 23.9 Å². The van der Waals surface area contributed by atoms with Gasteiger partial charge in [0.2, 0.25) is 0 Å². The lowest BCUT2D eigenvalue weighted by Crippen LogP contribution is -2.33. The third-order valence-corrected chi connectivity index (χ3v) is 4.47. The number of nitrogens with one attached hydrogen (secondary N) is 1. The highest BCUT2D eigenvalue weighted by atomic mass is 19.1. The summed E-state index contributed by atoms with van der Waals surface area (Å²) in [5.41, 5.74) is 2.42. The van der Waals surface area contributed by atoms with E-state index in [0.717, 1.165) is 25.6 Å². The first-order valence-corrected chi connectivity index (χ1v) is 8.48. The second-order valence-electron chi connectivity index (χ2n) is 6.64. The molecule has 0 aliphatic carbocycles. The van der Waals surface area contributed by atoms with Crippen LogP contribution in [0.1, 0.15) is 35.7 Å². The van der Waals surface area contributed by atoms with Crippen molar-refractivity contribution in [2.24, 2.45) is 5.92 Å². The lowest BCUT2D eigenvalue weighted by Gasteiger charge is -2.30. The van der Waals surface area contributed by atoms with Crippen LogP contribution in [0.2, 0.25) is 0 Å². The summed E-state index contributed by atoms with van der Waals surface area (Å²) in [4.78, 5) is 14.7. The molecule has 2 aromatic rings. The van der Waals surface area contributed by atoms with Crippen LogP contribution in [0.3, 0.4) is 0 Å². The van der Waals surface area contributed by atoms with Crippen LogP contribution >= 0.6 is 0 Å². The third-order valence-electron chi connectivity index (χ3n) is 4.47. The number of nitrogens with zero attached hydrogens (tertiary/aromatic N) is 1. The molecule has 3 nitrogen and oxygen atoms in total. The Kier molecular flexibility index (Phi) is 5.26. The van der Waals surface area contributed by atoms with E-state index in [4.69, 9.17) is 0 Å². The maximum atomic E-state index is 12.9. The normalized spacial score (nSPS) is 18.3. The van der Waals surface area contributed by atoms with Gasteiger partial charge in [-0.15, -0.1) is 0 Å². The molecule has 1 saturated heterocycles. The summed E-state index contributed by atoms with van der Waals surface area (Å²) in [6.45, 7) is 5.53. The van der Waals surface area contributed by atoms with Gasteiger partial charge in [-0.1, -0.05) is 19.1 Å². The number of benzene rings is 2. The van der Waals surface area contributed by atoms with E-state index >= 15 is 0 Å². The minimum atomic E-state index is -0.315. The number of carbonyl (C=O) groups is 1. The zero-order valence-electron chi connectivity index (χ0n) is 14.0. The van der Waals surface area contributed by atoms with E-state index in [1.165, 1.54) is 30.5 Å². The molecule has 1 fully saturated rings. The molecule has 0 spiro atoms. The highest BCUT2D eigenvalue weighted by Crippen LogP contribution is 2.18. The smallest absolute Gasteiger partial charge is 0.255 e. The zero-order chi connectivity index (χ0) is 16.9. The average Bonchev–Trinajstić information content (AvgIpc) is 2.57. The summed E-state index contributed by atoms with van der Waals surface area (Å²) < 4.78 is 12.9. The fourth-order valence-electron chi connectivity index (χ4n) is 3.19. The Morgan fingerprint density at radius 3 is 2.54 bits per heavy atom. The number of carbonyl (C=O) groups excluding carboxylic acids is 1. The van der Waals surface area contributed by atoms with Crippen LogP contribution < -0.4 is 5.32 Å². The lowest BCUT2D eigenvalue weighted by atomic mass is 9.99. The molecule has 3 rings (SSSR count). The molecule has 0 unspecified atom stereocenters. The van der Waals surface area contributed by atoms with Crippen molar-refractivity contribution < 1.29 is 9.18 Å². The average molecular weight is 326 g/mol. The molecule has 0 aromatic heterocycles. The SMILES string of the molecule is C[C@H]1CCCN(Cc2ccc(C(=O)Nc3ccc(F)cc3)cc2)C1. The predicted octanol–water partition coefficient (Wildman–Crippen LogP) is 4.31. The quantitative estimate of drug-likeness (QED) is 0.908. The second kappa shape index (κ2) is 7.58. The maximum absolute atomic E-state index is 12.9. The zero-order valence-corrected chi connectivity index (χ0v) is 14.0. The molecule has 1 aliphatic rings. The highest BCUT2D eigenvalue weighted by molar-refractivity contribution is 6.04. The van der Waals surface area contributed by atoms with Gasteiger partial charge in [-0.25, -0.2) is 4.39 Å². The van der Waals surface area contributed by atoms with Crippen molar-refractivity contribution in [1.29, 1.82) is 0 Å². The van der Waals surface area contributed by atoms with E-state index in [0.29, 0.717) is 11.3 Å². The lowest BCUT2D eigenvalue weighted by molar-refractivity contribution is 0.102. The topological polar surface area (TPSA) is 32.3 Å². The molecular formula is C20H23FN2O. The monoisotopic (exact) mass is 326 g/mol. The summed E-state index contributed by atoms with van der Waals surface area (Å²) in [7, 11) is 0. The molecule has 126 valence electrons. The standard InChI is InChI=1S/C20H23FN2O/c1-15-3-2-12-23(13-15)14-16-4-6-17(7-5-16)20(24)22-19-10-8-18(21)9-11-19/h4-11,15H,2-3,12-14H2,1H3,(H,22,24)/t15-/m0/s1. The first-order valence-electron chi connectivity index (χ1n) is 8.48. The molecule has 0 bridgehead atoms. The third kappa shape index (κ3) is 4.42. The van der Waals surface area contributed by atoms with Crippen molar-refractivity contribution in [2.45, 2.75) is 26.3 Å². The Morgan fingerprint density at radius 1 is 1.17 bits per heavy atom. The van der Waals surface area contributed by atoms with E-state index in [9.17, 15) is 9.18 Å². The van der Waals surface area contributed by atoms with Gasteiger partial charge in [-0.3, -0.25) is 9.69 Å². The molecule has 1 heterocycles. The minimum Gasteiger partial charge on any atom is -0.322 e. The van der Waals surface area contributed by atoms with Crippen LogP contribution in [0.5, 0.6) is 0 Å². The molecule has 4 heteroatoms. The summed E-state index contributed by atoms with van der Waals surface area (Å²) in [6.07, 6.45) is 2.58. The van der Waals surface area contributed by atoms with E-state index in [1.54, 1.807) is 12.1 Å². The van der Waals surface area contributed by atoms with Gasteiger partial charge in [0.15, 0.2) is 0 Å². The molecule has 0 radical (unpaired) electrons. The number of halogens is 1. The summed E-state index contributed by atoms with van der Waals surface area (Å²) >= 11 is 0. The minimum absolute atomic E-state index is 0.181. The fraction of sp³-hybridized carbons (Fsp3) is 0.350. The number of likely N-dealkylation sites (tertiary alicyclic amines) is 1. The van der Waals surface area contributed by atoms with E-state index in [-0.39, 0.29) is 11.7 Å². The van der Waals surface area contributed by atoms with Gasteiger partial charge in [-0.05, 0) is 67.3 Å². The van der Waals surface area contributed by atoms with Crippen molar-refractivity contribution in [1.82, 2.24) is 4.90 Å². The van der Waals surface area contributed by atoms with Crippen LogP contribution in [0, 0.1) is 11.7 Å². The Hall–Kier alpha value is -2.20. The Labute approximate surface area is 142 Å². The summed E-state index contributed by atoms with van der Waals surface area (Å²) in [5.74, 6) is 0.267. The number of rotatable bonds is 4. The molecule has 24 heavy (non-hydrogen) atoms. The van der Waals surface area contributed by atoms with Gasteiger partial charge in [0, 0.05) is 24.3 Å². The molecular weight excluding hydrogens is 303 g/mol. The number of anilines is 1. The highest BCUT2D eigenvalue weighted by Gasteiger charge is 2.16. The second-order valence-corrected chi connectivity index (χ2v) is 6.64. The van der Waals surface area contributed by atoms with E-state index in [2.05, 4.69) is 17.1 Å². The van der Waals surface area contributed by atoms with Crippen molar-refractivity contribution in [3.8, 4) is 0 Å². The van der Waals surface area contributed by atoms with E-state index in [1.807, 2.05) is 24.3 Å². The van der Waals surface area contributed by atoms with Gasteiger partial charge in [-0.2, -0.15) is 0 Å². The number of amides is 1. The molecule has 2 aromatic carbocycles. The first kappa shape index (κ1) is 16.7. The number of piperidine rings is 1. The number of hydrogen-bond acceptors (Lipinski definition) is 2. The summed E-state index contributed by atoms with van der Waals surface area (Å²) in [6, 6.07) is 13.5. The Balaban J connectivity index is 1.59. The van der Waals surface area contributed by atoms with Crippen molar-refractivity contribution in [3.63, 3.8) is 0 Å². The van der Waals surface area contributed by atoms with Crippen molar-refractivity contribution >= 4 is 11.6 Å². The Morgan fingerprint density at radius 2 is 1.88 bits per heavy atom. The first-order chi connectivity index (χ1) is 11.6. The maximum Gasteiger partial charge on any atom is 0.255 e. The van der Waals surface area contributed by atoms with Crippen LogP contribution in [0.25, 0.3) is 0 Å². The molecule has 1 aliphatic heterocycles. The molecule has 1 N–H and O–H groups in total. The van der Waals surface area contributed by atoms with Gasteiger partial charge < -0.3 is 5.32 Å². The molecule has 1 atom stereocenters. The molecule has 0 saturated carbocycles.